The molecule has 0 heterocycles. The molecule has 1 saturated carbocycles. The zero-order valence-corrected chi connectivity index (χ0v) is 11.9. The summed E-state index contributed by atoms with van der Waals surface area (Å²) in [5.74, 6) is -2.17. The zero-order chi connectivity index (χ0) is 13.8. The Labute approximate surface area is 123 Å². The Morgan fingerprint density at radius 2 is 2.00 bits per heavy atom. The summed E-state index contributed by atoms with van der Waals surface area (Å²) in [6.07, 6.45) is 4.27. The van der Waals surface area contributed by atoms with E-state index < -0.39 is 11.6 Å². The first-order chi connectivity index (χ1) is 9.08. The average molecular weight is 305 g/mol. The number of carbonyl (C=O) groups is 1. The van der Waals surface area contributed by atoms with Gasteiger partial charge in [-0.15, -0.1) is 12.4 Å². The van der Waals surface area contributed by atoms with Gasteiger partial charge in [0.1, 0.15) is 0 Å². The molecule has 3 N–H and O–H groups in total. The maximum absolute atomic E-state index is 13.4. The second kappa shape index (κ2) is 7.55. The Morgan fingerprint density at radius 1 is 1.30 bits per heavy atom. The van der Waals surface area contributed by atoms with Crippen molar-refractivity contribution < 1.29 is 13.6 Å². The van der Waals surface area contributed by atoms with Crippen LogP contribution in [0.3, 0.4) is 0 Å². The molecular weight excluding hydrogens is 286 g/mol. The van der Waals surface area contributed by atoms with Crippen molar-refractivity contribution in [1.29, 1.82) is 0 Å². The van der Waals surface area contributed by atoms with E-state index >= 15 is 0 Å². The summed E-state index contributed by atoms with van der Waals surface area (Å²) >= 11 is 0. The van der Waals surface area contributed by atoms with Crippen LogP contribution in [0.4, 0.5) is 14.5 Å². The van der Waals surface area contributed by atoms with Gasteiger partial charge in [0.25, 0.3) is 0 Å². The van der Waals surface area contributed by atoms with E-state index in [1.165, 1.54) is 12.1 Å². The molecule has 1 amide bonds. The number of nitrogens with two attached hydrogens (primary N) is 1. The molecule has 112 valence electrons. The van der Waals surface area contributed by atoms with Crippen LogP contribution in [-0.2, 0) is 4.79 Å². The second-order valence-corrected chi connectivity index (χ2v) is 5.06. The van der Waals surface area contributed by atoms with Gasteiger partial charge in [0.05, 0.1) is 5.69 Å². The highest BCUT2D eigenvalue weighted by atomic mass is 35.5. The number of nitrogens with one attached hydrogen (secondary N) is 1. The highest BCUT2D eigenvalue weighted by Gasteiger charge is 2.24. The van der Waals surface area contributed by atoms with E-state index in [2.05, 4.69) is 5.32 Å². The van der Waals surface area contributed by atoms with Crippen molar-refractivity contribution in [3.8, 4) is 0 Å². The zero-order valence-electron chi connectivity index (χ0n) is 11.1. The average Bonchev–Trinajstić information content (AvgIpc) is 2.38. The van der Waals surface area contributed by atoms with Crippen molar-refractivity contribution in [3.05, 3.63) is 29.8 Å². The summed E-state index contributed by atoms with van der Waals surface area (Å²) < 4.78 is 26.4. The van der Waals surface area contributed by atoms with Crippen LogP contribution in [-0.4, -0.2) is 11.9 Å². The van der Waals surface area contributed by atoms with Gasteiger partial charge >= 0.3 is 0 Å². The van der Waals surface area contributed by atoms with E-state index in [0.717, 1.165) is 31.7 Å². The number of hydrogen-bond donors (Lipinski definition) is 2. The van der Waals surface area contributed by atoms with E-state index in [0.29, 0.717) is 0 Å². The van der Waals surface area contributed by atoms with Crippen molar-refractivity contribution in [1.82, 2.24) is 0 Å². The van der Waals surface area contributed by atoms with E-state index in [1.54, 1.807) is 0 Å². The van der Waals surface area contributed by atoms with Crippen molar-refractivity contribution in [2.45, 2.75) is 38.1 Å². The minimum Gasteiger partial charge on any atom is -0.327 e. The molecule has 0 radical (unpaired) electrons. The van der Waals surface area contributed by atoms with Gasteiger partial charge in [-0.3, -0.25) is 4.79 Å². The predicted octanol–water partition coefficient (Wildman–Crippen LogP) is 3.23. The van der Waals surface area contributed by atoms with Gasteiger partial charge < -0.3 is 11.1 Å². The topological polar surface area (TPSA) is 55.1 Å². The van der Waals surface area contributed by atoms with Crippen LogP contribution in [0.15, 0.2) is 18.2 Å². The molecule has 0 bridgehead atoms. The molecular formula is C14H19ClF2N2O. The first-order valence-corrected chi connectivity index (χ1v) is 6.57. The monoisotopic (exact) mass is 304 g/mol. The first kappa shape index (κ1) is 16.9. The molecule has 1 aliphatic rings. The van der Waals surface area contributed by atoms with E-state index in [-0.39, 0.29) is 42.4 Å². The number of halogens is 3. The Morgan fingerprint density at radius 3 is 2.70 bits per heavy atom. The maximum atomic E-state index is 13.4. The largest absolute Gasteiger partial charge is 0.327 e. The quantitative estimate of drug-likeness (QED) is 0.901. The van der Waals surface area contributed by atoms with Gasteiger partial charge in [-0.2, -0.15) is 0 Å². The minimum absolute atomic E-state index is 0. The van der Waals surface area contributed by atoms with Crippen molar-refractivity contribution in [3.63, 3.8) is 0 Å². The summed E-state index contributed by atoms with van der Waals surface area (Å²) in [6, 6.07) is 3.75. The lowest BCUT2D eigenvalue weighted by Crippen LogP contribution is -2.35. The molecule has 2 atom stereocenters. The van der Waals surface area contributed by atoms with Gasteiger partial charge in [0.15, 0.2) is 11.6 Å². The molecule has 3 nitrogen and oxygen atoms in total. The fraction of sp³-hybridized carbons (Fsp3) is 0.500. The molecule has 0 spiro atoms. The van der Waals surface area contributed by atoms with Crippen molar-refractivity contribution in [2.75, 3.05) is 5.32 Å². The third kappa shape index (κ3) is 4.15. The van der Waals surface area contributed by atoms with E-state index in [1.807, 2.05) is 0 Å². The van der Waals surface area contributed by atoms with Crippen LogP contribution in [0.5, 0.6) is 0 Å². The van der Waals surface area contributed by atoms with Crippen molar-refractivity contribution >= 4 is 24.0 Å². The first-order valence-electron chi connectivity index (χ1n) is 6.57. The molecule has 20 heavy (non-hydrogen) atoms. The SMILES string of the molecule is Cl.NC1CCCCC1CC(=O)Nc1cccc(F)c1F. The fourth-order valence-electron chi connectivity index (χ4n) is 2.53. The number of amides is 1. The summed E-state index contributed by atoms with van der Waals surface area (Å²) in [4.78, 5) is 11.8. The van der Waals surface area contributed by atoms with Crippen LogP contribution in [0, 0.1) is 17.6 Å². The fourth-order valence-corrected chi connectivity index (χ4v) is 2.53. The molecule has 0 aliphatic heterocycles. The Hall–Kier alpha value is -1.20. The van der Waals surface area contributed by atoms with Gasteiger partial charge in [0.2, 0.25) is 5.91 Å². The molecule has 1 aromatic rings. The molecule has 1 fully saturated rings. The van der Waals surface area contributed by atoms with Crippen molar-refractivity contribution in [2.24, 2.45) is 11.7 Å². The standard InChI is InChI=1S/C14H18F2N2O.ClH/c15-10-5-3-7-12(14(10)16)18-13(19)8-9-4-1-2-6-11(9)17;/h3,5,7,9,11H,1-2,4,6,8,17H2,(H,18,19);1H. The highest BCUT2D eigenvalue weighted by Crippen LogP contribution is 2.26. The number of hydrogen-bond acceptors (Lipinski definition) is 2. The lowest BCUT2D eigenvalue weighted by molar-refractivity contribution is -0.117. The minimum atomic E-state index is -1.02. The van der Waals surface area contributed by atoms with Gasteiger partial charge in [-0.25, -0.2) is 8.78 Å². The van der Waals surface area contributed by atoms with Crippen LogP contribution in [0.1, 0.15) is 32.1 Å². The van der Waals surface area contributed by atoms with E-state index in [4.69, 9.17) is 5.73 Å². The molecule has 2 unspecified atom stereocenters. The number of rotatable bonds is 3. The molecule has 0 aromatic heterocycles. The Kier molecular flexibility index (Phi) is 6.36. The lowest BCUT2D eigenvalue weighted by atomic mass is 9.83. The number of benzene rings is 1. The Balaban J connectivity index is 0.00000200. The second-order valence-electron chi connectivity index (χ2n) is 5.06. The number of carbonyl (C=O) groups excluding carboxylic acids is 1. The molecule has 1 aromatic carbocycles. The highest BCUT2D eigenvalue weighted by molar-refractivity contribution is 5.91. The summed E-state index contributed by atoms with van der Waals surface area (Å²) in [5.41, 5.74) is 5.84. The normalized spacial score (nSPS) is 21.9. The van der Waals surface area contributed by atoms with Gasteiger partial charge in [0, 0.05) is 12.5 Å². The van der Waals surface area contributed by atoms with Gasteiger partial charge in [-0.1, -0.05) is 18.9 Å². The smallest absolute Gasteiger partial charge is 0.224 e. The van der Waals surface area contributed by atoms with Gasteiger partial charge in [-0.05, 0) is 30.9 Å². The number of anilines is 1. The maximum Gasteiger partial charge on any atom is 0.224 e. The molecule has 0 saturated heterocycles. The lowest BCUT2D eigenvalue weighted by Gasteiger charge is -2.27. The van der Waals surface area contributed by atoms with Crippen LogP contribution < -0.4 is 11.1 Å². The summed E-state index contributed by atoms with van der Waals surface area (Å²) in [7, 11) is 0. The molecule has 6 heteroatoms. The third-order valence-electron chi connectivity index (χ3n) is 3.64. The summed E-state index contributed by atoms with van der Waals surface area (Å²) in [6.45, 7) is 0. The van der Waals surface area contributed by atoms with E-state index in [9.17, 15) is 13.6 Å². The summed E-state index contributed by atoms with van der Waals surface area (Å²) in [5, 5.41) is 2.41. The van der Waals surface area contributed by atoms with Crippen LogP contribution in [0.25, 0.3) is 0 Å². The predicted molar refractivity (Wildman–Crippen MR) is 76.8 cm³/mol. The molecule has 1 aliphatic carbocycles. The van der Waals surface area contributed by atoms with Crippen LogP contribution >= 0.6 is 12.4 Å². The Bertz CT molecular complexity index is 470. The molecule has 2 rings (SSSR count). The third-order valence-corrected chi connectivity index (χ3v) is 3.64. The van der Waals surface area contributed by atoms with Crippen LogP contribution in [0.2, 0.25) is 0 Å².